The minimum atomic E-state index is -3.56. The molecule has 1 aliphatic rings. The Balaban J connectivity index is 2.72. The number of aromatic nitrogens is 2. The van der Waals surface area contributed by atoms with Crippen molar-refractivity contribution < 1.29 is 8.42 Å². The minimum Gasteiger partial charge on any atom is -0.330 e. The molecule has 2 heterocycles. The third kappa shape index (κ3) is 0.900. The van der Waals surface area contributed by atoms with Crippen LogP contribution in [0.15, 0.2) is 15.8 Å². The van der Waals surface area contributed by atoms with Crippen LogP contribution >= 0.6 is 0 Å². The van der Waals surface area contributed by atoms with Gasteiger partial charge in [0.15, 0.2) is 0 Å². The topological polar surface area (TPSA) is 87.2 Å². The number of imidazole rings is 1. The second-order valence-electron chi connectivity index (χ2n) is 2.36. The molecule has 1 aliphatic heterocycles. The van der Waals surface area contributed by atoms with E-state index in [0.717, 1.165) is 0 Å². The Kier molecular flexibility index (Phi) is 1.26. The number of hydrogen-bond acceptors (Lipinski definition) is 4. The van der Waals surface area contributed by atoms with Crippen LogP contribution in [0.2, 0.25) is 0 Å². The van der Waals surface area contributed by atoms with Crippen molar-refractivity contribution in [2.24, 2.45) is 4.40 Å². The van der Waals surface area contributed by atoms with E-state index in [0.29, 0.717) is 11.7 Å². The molecule has 0 amide bonds. The second-order valence-corrected chi connectivity index (χ2v) is 3.88. The number of anilines is 1. The Hall–Kier alpha value is -1.37. The molecule has 0 atom stereocenters. The molecular weight excluding hydrogens is 180 g/mol. The summed E-state index contributed by atoms with van der Waals surface area (Å²) in [5, 5.41) is 2.70. The molecule has 0 unspecified atom stereocenters. The molecule has 0 aromatic carbocycles. The number of sulfonamides is 1. The van der Waals surface area contributed by atoms with Gasteiger partial charge in [0.25, 0.3) is 0 Å². The number of rotatable bonds is 0. The molecule has 64 valence electrons. The normalized spacial score (nSPS) is 19.2. The van der Waals surface area contributed by atoms with E-state index in [1.807, 2.05) is 0 Å². The molecule has 1 aromatic rings. The number of hydrogen-bond donors (Lipinski definition) is 2. The fourth-order valence-electron chi connectivity index (χ4n) is 0.994. The first-order valence-corrected chi connectivity index (χ1v) is 4.65. The largest absolute Gasteiger partial charge is 0.330 e. The fraction of sp³-hybridized carbons (Fsp3) is 0.200. The Bertz CT molecular complexity index is 444. The molecule has 2 rings (SSSR count). The van der Waals surface area contributed by atoms with Gasteiger partial charge in [0.05, 0.1) is 6.33 Å². The van der Waals surface area contributed by atoms with E-state index in [2.05, 4.69) is 19.7 Å². The van der Waals surface area contributed by atoms with Crippen LogP contribution in [0.3, 0.4) is 0 Å². The number of fused-ring (bicyclic) bond motifs is 1. The molecule has 1 aromatic heterocycles. The smallest absolute Gasteiger partial charge is 0.305 e. The van der Waals surface area contributed by atoms with Crippen molar-refractivity contribution in [3.63, 3.8) is 0 Å². The summed E-state index contributed by atoms with van der Waals surface area (Å²) in [4.78, 5) is 6.29. The third-order valence-corrected chi connectivity index (χ3v) is 2.72. The van der Waals surface area contributed by atoms with Gasteiger partial charge in [-0.25, -0.2) is 4.98 Å². The lowest BCUT2D eigenvalue weighted by atomic mass is 10.6. The number of nitrogens with one attached hydrogen (secondary N) is 2. The highest BCUT2D eigenvalue weighted by molar-refractivity contribution is 7.90. The predicted molar refractivity (Wildman–Crippen MR) is 42.5 cm³/mol. The van der Waals surface area contributed by atoms with Gasteiger partial charge in [-0.3, -0.25) is 0 Å². The molecule has 2 N–H and O–H groups in total. The van der Waals surface area contributed by atoms with Crippen LogP contribution < -0.4 is 5.32 Å². The first kappa shape index (κ1) is 7.29. The van der Waals surface area contributed by atoms with E-state index in [9.17, 15) is 8.42 Å². The summed E-state index contributed by atoms with van der Waals surface area (Å²) in [7, 11) is -3.56. The molecule has 7 heteroatoms. The van der Waals surface area contributed by atoms with Crippen molar-refractivity contribution >= 4 is 21.7 Å². The van der Waals surface area contributed by atoms with Crippen molar-refractivity contribution in [3.8, 4) is 0 Å². The summed E-state index contributed by atoms with van der Waals surface area (Å²) in [5.74, 6) is 0.717. The molecule has 0 radical (unpaired) electrons. The van der Waals surface area contributed by atoms with Crippen LogP contribution in [0.1, 0.15) is 6.92 Å². The summed E-state index contributed by atoms with van der Waals surface area (Å²) in [6.07, 6.45) is 1.31. The van der Waals surface area contributed by atoms with Gasteiger partial charge in [-0.1, -0.05) is 0 Å². The van der Waals surface area contributed by atoms with Gasteiger partial charge in [-0.2, -0.15) is 8.42 Å². The van der Waals surface area contributed by atoms with Crippen molar-refractivity contribution in [3.05, 3.63) is 6.33 Å². The zero-order chi connectivity index (χ0) is 8.77. The molecule has 12 heavy (non-hydrogen) atoms. The minimum absolute atomic E-state index is 0.0481. The Morgan fingerprint density at radius 1 is 1.50 bits per heavy atom. The maximum Gasteiger partial charge on any atom is 0.305 e. The molecular formula is C5H6N4O2S. The third-order valence-electron chi connectivity index (χ3n) is 1.41. The summed E-state index contributed by atoms with van der Waals surface area (Å²) < 4.78 is 25.9. The maximum atomic E-state index is 11.2. The van der Waals surface area contributed by atoms with Crippen molar-refractivity contribution in [2.75, 3.05) is 5.32 Å². The molecule has 0 fully saturated rings. The van der Waals surface area contributed by atoms with Gasteiger partial charge in [0.1, 0.15) is 11.7 Å². The highest BCUT2D eigenvalue weighted by atomic mass is 32.2. The van der Waals surface area contributed by atoms with Crippen LogP contribution in [0.25, 0.3) is 0 Å². The molecule has 0 spiro atoms. The zero-order valence-electron chi connectivity index (χ0n) is 6.20. The Morgan fingerprint density at radius 3 is 3.00 bits per heavy atom. The van der Waals surface area contributed by atoms with Gasteiger partial charge in [0, 0.05) is 0 Å². The number of nitrogens with zero attached hydrogens (tertiary/aromatic N) is 2. The van der Waals surface area contributed by atoms with Crippen LogP contribution in [0, 0.1) is 0 Å². The van der Waals surface area contributed by atoms with E-state index < -0.39 is 10.0 Å². The lowest BCUT2D eigenvalue weighted by molar-refractivity contribution is 0.595. The highest BCUT2D eigenvalue weighted by Crippen LogP contribution is 2.22. The van der Waals surface area contributed by atoms with E-state index in [-0.39, 0.29) is 5.03 Å². The predicted octanol–water partition coefficient (Wildman–Crippen LogP) is -0.0577. The maximum absolute atomic E-state index is 11.2. The van der Waals surface area contributed by atoms with Crippen LogP contribution in [0.4, 0.5) is 5.82 Å². The average Bonchev–Trinajstić information content (AvgIpc) is 2.32. The molecule has 0 saturated carbocycles. The van der Waals surface area contributed by atoms with E-state index in [4.69, 9.17) is 0 Å². The molecule has 0 aliphatic carbocycles. The standard InChI is InChI=1S/C5H6N4O2S/c1-3-8-4-5(7-2-6-4)12(10,11)9-3/h2H,1H3,(H,6,7)(H,8,9). The van der Waals surface area contributed by atoms with E-state index in [1.54, 1.807) is 6.92 Å². The zero-order valence-corrected chi connectivity index (χ0v) is 7.01. The first-order valence-electron chi connectivity index (χ1n) is 3.21. The first-order chi connectivity index (χ1) is 5.59. The SMILES string of the molecule is CC1=NS(=O)(=O)c2nc[nH]c2N1. The van der Waals surface area contributed by atoms with Crippen LogP contribution in [-0.4, -0.2) is 24.2 Å². The van der Waals surface area contributed by atoms with Crippen LogP contribution in [-0.2, 0) is 10.0 Å². The quantitative estimate of drug-likeness (QED) is 0.594. The van der Waals surface area contributed by atoms with Gasteiger partial charge in [-0.15, -0.1) is 4.40 Å². The van der Waals surface area contributed by atoms with Gasteiger partial charge >= 0.3 is 10.0 Å². The Labute approximate surface area is 68.8 Å². The summed E-state index contributed by atoms with van der Waals surface area (Å²) >= 11 is 0. The number of H-pyrrole nitrogens is 1. The summed E-state index contributed by atoms with van der Waals surface area (Å²) in [5.41, 5.74) is 0. The van der Waals surface area contributed by atoms with E-state index in [1.165, 1.54) is 6.33 Å². The van der Waals surface area contributed by atoms with Crippen LogP contribution in [0.5, 0.6) is 0 Å². The van der Waals surface area contributed by atoms with Crippen molar-refractivity contribution in [1.82, 2.24) is 9.97 Å². The lowest BCUT2D eigenvalue weighted by Gasteiger charge is -2.09. The Morgan fingerprint density at radius 2 is 2.25 bits per heavy atom. The fourth-order valence-corrected chi connectivity index (χ4v) is 2.04. The highest BCUT2D eigenvalue weighted by Gasteiger charge is 2.25. The lowest BCUT2D eigenvalue weighted by Crippen LogP contribution is -2.18. The molecule has 0 saturated heterocycles. The van der Waals surface area contributed by atoms with E-state index >= 15 is 0 Å². The summed E-state index contributed by atoms with van der Waals surface area (Å²) in [6.45, 7) is 1.57. The van der Waals surface area contributed by atoms with Crippen molar-refractivity contribution in [1.29, 1.82) is 0 Å². The monoisotopic (exact) mass is 186 g/mol. The van der Waals surface area contributed by atoms with Crippen molar-refractivity contribution in [2.45, 2.75) is 11.9 Å². The summed E-state index contributed by atoms with van der Waals surface area (Å²) in [6, 6.07) is 0. The van der Waals surface area contributed by atoms with Gasteiger partial charge < -0.3 is 10.3 Å². The second kappa shape index (κ2) is 2.07. The van der Waals surface area contributed by atoms with Gasteiger partial charge in [0.2, 0.25) is 5.03 Å². The number of aromatic amines is 1. The molecule has 6 nitrogen and oxygen atoms in total. The molecule has 0 bridgehead atoms. The average molecular weight is 186 g/mol. The van der Waals surface area contributed by atoms with Gasteiger partial charge in [-0.05, 0) is 6.92 Å². The number of amidine groups is 1.